The Morgan fingerprint density at radius 1 is 1.35 bits per heavy atom. The minimum atomic E-state index is -0.0982. The molecule has 106 valence electrons. The van der Waals surface area contributed by atoms with Gasteiger partial charge in [-0.15, -0.1) is 11.3 Å². The second kappa shape index (κ2) is 4.63. The largest absolute Gasteiger partial charge is 0.298 e. The zero-order valence-corrected chi connectivity index (χ0v) is 13.7. The fraction of sp³-hybridized carbons (Fsp3) is 0.500. The molecule has 2 aromatic heterocycles. The summed E-state index contributed by atoms with van der Waals surface area (Å²) in [4.78, 5) is 19.2. The van der Waals surface area contributed by atoms with E-state index in [2.05, 4.69) is 28.5 Å². The zero-order chi connectivity index (χ0) is 14.5. The molecular weight excluding hydrogens is 290 g/mol. The van der Waals surface area contributed by atoms with Gasteiger partial charge in [-0.25, -0.2) is 4.98 Å². The molecule has 1 aliphatic carbocycles. The highest BCUT2D eigenvalue weighted by Crippen LogP contribution is 2.42. The van der Waals surface area contributed by atoms with Crippen molar-refractivity contribution in [3.63, 3.8) is 0 Å². The zero-order valence-electron chi connectivity index (χ0n) is 12.0. The summed E-state index contributed by atoms with van der Waals surface area (Å²) >= 11 is 2.97. The molecule has 6 heteroatoms. The third-order valence-electron chi connectivity index (χ3n) is 3.80. The number of nitrogens with one attached hydrogen (secondary N) is 1. The molecule has 0 bridgehead atoms. The van der Waals surface area contributed by atoms with Crippen LogP contribution in [-0.4, -0.2) is 15.3 Å². The Balaban J connectivity index is 1.85. The van der Waals surface area contributed by atoms with E-state index in [-0.39, 0.29) is 11.3 Å². The van der Waals surface area contributed by atoms with E-state index in [9.17, 15) is 4.79 Å². The van der Waals surface area contributed by atoms with Crippen molar-refractivity contribution in [1.82, 2.24) is 9.36 Å². The van der Waals surface area contributed by atoms with Gasteiger partial charge in [-0.1, -0.05) is 13.8 Å². The van der Waals surface area contributed by atoms with Crippen molar-refractivity contribution in [1.29, 1.82) is 0 Å². The fourth-order valence-corrected chi connectivity index (χ4v) is 4.45. The number of hydrogen-bond acceptors (Lipinski definition) is 5. The average Bonchev–Trinajstić information content (AvgIpc) is 2.98. The van der Waals surface area contributed by atoms with Crippen LogP contribution >= 0.6 is 22.9 Å². The van der Waals surface area contributed by atoms with Gasteiger partial charge in [-0.3, -0.25) is 10.1 Å². The molecule has 0 atom stereocenters. The lowest BCUT2D eigenvalue weighted by atomic mass is 9.91. The van der Waals surface area contributed by atoms with Gasteiger partial charge in [0.25, 0.3) is 5.91 Å². The second-order valence-electron chi connectivity index (χ2n) is 5.83. The first kappa shape index (κ1) is 13.7. The molecule has 0 spiro atoms. The van der Waals surface area contributed by atoms with Crippen LogP contribution < -0.4 is 5.32 Å². The molecule has 1 aliphatic rings. The molecule has 0 fully saturated rings. The monoisotopic (exact) mass is 307 g/mol. The van der Waals surface area contributed by atoms with E-state index >= 15 is 0 Å². The SMILES string of the molecule is Cc1nsc(C)c1C(=O)Nc1nc2c(s1)CCC2(C)C. The third kappa shape index (κ3) is 2.16. The molecule has 4 nitrogen and oxygen atoms in total. The molecule has 2 aromatic rings. The van der Waals surface area contributed by atoms with Gasteiger partial charge >= 0.3 is 0 Å². The fourth-order valence-electron chi connectivity index (χ4n) is 2.61. The molecule has 1 N–H and O–H groups in total. The Kier molecular flexibility index (Phi) is 3.17. The molecule has 0 radical (unpaired) electrons. The van der Waals surface area contributed by atoms with Crippen LogP contribution in [0.1, 0.15) is 51.8 Å². The predicted molar refractivity (Wildman–Crippen MR) is 83.0 cm³/mol. The number of amides is 1. The topological polar surface area (TPSA) is 54.9 Å². The molecule has 2 heterocycles. The van der Waals surface area contributed by atoms with Gasteiger partial charge in [-0.05, 0) is 38.2 Å². The van der Waals surface area contributed by atoms with Crippen LogP contribution in [0.5, 0.6) is 0 Å². The quantitative estimate of drug-likeness (QED) is 0.920. The number of anilines is 1. The number of fused-ring (bicyclic) bond motifs is 1. The Morgan fingerprint density at radius 3 is 2.70 bits per heavy atom. The van der Waals surface area contributed by atoms with Gasteiger partial charge in [0.1, 0.15) is 0 Å². The standard InChI is InChI=1S/C14H17N3OS2/c1-7-10(8(2)20-17-7)12(18)16-13-15-11-9(19-13)5-6-14(11,3)4/h5-6H2,1-4H3,(H,15,16,18). The van der Waals surface area contributed by atoms with Crippen molar-refractivity contribution in [3.8, 4) is 0 Å². The molecular formula is C14H17N3OS2. The minimum absolute atomic E-state index is 0.0982. The van der Waals surface area contributed by atoms with Crippen molar-refractivity contribution < 1.29 is 4.79 Å². The average molecular weight is 307 g/mol. The van der Waals surface area contributed by atoms with Crippen LogP contribution in [0.25, 0.3) is 0 Å². The van der Waals surface area contributed by atoms with Crippen LogP contribution in [-0.2, 0) is 11.8 Å². The summed E-state index contributed by atoms with van der Waals surface area (Å²) < 4.78 is 4.22. The number of carbonyl (C=O) groups excluding carboxylic acids is 1. The van der Waals surface area contributed by atoms with Crippen molar-refractivity contribution in [2.75, 3.05) is 5.32 Å². The molecule has 1 amide bonds. The lowest BCUT2D eigenvalue weighted by Gasteiger charge is -2.15. The van der Waals surface area contributed by atoms with Crippen molar-refractivity contribution in [2.45, 2.75) is 46.0 Å². The van der Waals surface area contributed by atoms with E-state index in [0.717, 1.165) is 29.1 Å². The van der Waals surface area contributed by atoms with Gasteiger partial charge in [0, 0.05) is 15.2 Å². The van der Waals surface area contributed by atoms with Crippen LogP contribution in [0, 0.1) is 13.8 Å². The van der Waals surface area contributed by atoms with Gasteiger partial charge in [0.05, 0.1) is 17.0 Å². The number of thiazole rings is 1. The van der Waals surface area contributed by atoms with Crippen molar-refractivity contribution in [3.05, 3.63) is 26.7 Å². The minimum Gasteiger partial charge on any atom is -0.298 e. The van der Waals surface area contributed by atoms with Crippen LogP contribution in [0.2, 0.25) is 0 Å². The van der Waals surface area contributed by atoms with E-state index in [0.29, 0.717) is 10.7 Å². The number of nitrogens with zero attached hydrogens (tertiary/aromatic N) is 2. The van der Waals surface area contributed by atoms with E-state index in [4.69, 9.17) is 0 Å². The summed E-state index contributed by atoms with van der Waals surface area (Å²) in [5.41, 5.74) is 2.75. The number of rotatable bonds is 2. The Labute approximate surface area is 126 Å². The number of aromatic nitrogens is 2. The lowest BCUT2D eigenvalue weighted by molar-refractivity contribution is 0.102. The van der Waals surface area contributed by atoms with Gasteiger partial charge in [-0.2, -0.15) is 4.37 Å². The van der Waals surface area contributed by atoms with Gasteiger partial charge in [0.15, 0.2) is 5.13 Å². The summed E-state index contributed by atoms with van der Waals surface area (Å²) in [6, 6.07) is 0. The van der Waals surface area contributed by atoms with E-state index < -0.39 is 0 Å². The molecule has 0 aromatic carbocycles. The molecule has 0 saturated heterocycles. The van der Waals surface area contributed by atoms with Crippen molar-refractivity contribution >= 4 is 33.9 Å². The Hall–Kier alpha value is -1.27. The highest BCUT2D eigenvalue weighted by atomic mass is 32.1. The highest BCUT2D eigenvalue weighted by Gasteiger charge is 2.34. The maximum absolute atomic E-state index is 12.3. The summed E-state index contributed by atoms with van der Waals surface area (Å²) in [6.07, 6.45) is 2.20. The van der Waals surface area contributed by atoms with Crippen LogP contribution in [0.4, 0.5) is 5.13 Å². The maximum atomic E-state index is 12.3. The second-order valence-corrected chi connectivity index (χ2v) is 7.89. The maximum Gasteiger partial charge on any atom is 0.260 e. The summed E-state index contributed by atoms with van der Waals surface area (Å²) in [5, 5.41) is 3.63. The number of carbonyl (C=O) groups is 1. The Morgan fingerprint density at radius 2 is 2.10 bits per heavy atom. The smallest absolute Gasteiger partial charge is 0.260 e. The van der Waals surface area contributed by atoms with E-state index in [1.54, 1.807) is 11.3 Å². The molecule has 3 rings (SSSR count). The normalized spacial score (nSPS) is 16.2. The van der Waals surface area contributed by atoms with Crippen LogP contribution in [0.15, 0.2) is 0 Å². The molecule has 0 aliphatic heterocycles. The summed E-state index contributed by atoms with van der Waals surface area (Å²) in [5.74, 6) is -0.0982. The van der Waals surface area contributed by atoms with Crippen molar-refractivity contribution in [2.24, 2.45) is 0 Å². The summed E-state index contributed by atoms with van der Waals surface area (Å²) in [6.45, 7) is 8.20. The van der Waals surface area contributed by atoms with Gasteiger partial charge in [0.2, 0.25) is 0 Å². The molecule has 0 unspecified atom stereocenters. The summed E-state index contributed by atoms with van der Waals surface area (Å²) in [7, 11) is 0. The van der Waals surface area contributed by atoms with Gasteiger partial charge < -0.3 is 0 Å². The first-order valence-corrected chi connectivity index (χ1v) is 8.22. The number of aryl methyl sites for hydroxylation is 3. The third-order valence-corrected chi connectivity index (χ3v) is 5.67. The number of hydrogen-bond donors (Lipinski definition) is 1. The van der Waals surface area contributed by atoms with E-state index in [1.807, 2.05) is 13.8 Å². The first-order valence-electron chi connectivity index (χ1n) is 6.63. The lowest BCUT2D eigenvalue weighted by Crippen LogP contribution is -2.16. The van der Waals surface area contributed by atoms with Crippen LogP contribution in [0.3, 0.4) is 0 Å². The Bertz CT molecular complexity index is 665. The van der Waals surface area contributed by atoms with E-state index in [1.165, 1.54) is 16.4 Å². The molecule has 0 saturated carbocycles. The highest BCUT2D eigenvalue weighted by molar-refractivity contribution is 7.16. The molecule has 20 heavy (non-hydrogen) atoms. The first-order chi connectivity index (χ1) is 9.38. The predicted octanol–water partition coefficient (Wildman–Crippen LogP) is 3.69.